The Morgan fingerprint density at radius 3 is 2.48 bits per heavy atom. The number of benzene rings is 1. The van der Waals surface area contributed by atoms with Crippen LogP contribution in [0.2, 0.25) is 0 Å². The highest BCUT2D eigenvalue weighted by molar-refractivity contribution is 6.18. The van der Waals surface area contributed by atoms with Crippen LogP contribution in [0.5, 0.6) is 0 Å². The summed E-state index contributed by atoms with van der Waals surface area (Å²) in [5, 5.41) is 8.80. The van der Waals surface area contributed by atoms with Crippen molar-refractivity contribution in [2.24, 2.45) is 5.41 Å². The van der Waals surface area contributed by atoms with Gasteiger partial charge in [-0.1, -0.05) is 39.8 Å². The maximum atomic E-state index is 14.1. The molecule has 0 amide bonds. The van der Waals surface area contributed by atoms with Crippen molar-refractivity contribution in [1.29, 1.82) is 0 Å². The van der Waals surface area contributed by atoms with Gasteiger partial charge in [0.2, 0.25) is 0 Å². The predicted molar refractivity (Wildman–Crippen MR) is 92.3 cm³/mol. The lowest BCUT2D eigenvalue weighted by Gasteiger charge is -2.40. The molecule has 1 aliphatic carbocycles. The van der Waals surface area contributed by atoms with Crippen LogP contribution in [0.15, 0.2) is 30.3 Å². The Balaban J connectivity index is 2.20. The smallest absolute Gasteiger partial charge is 0.132 e. The molecule has 1 aliphatic rings. The predicted octanol–water partition coefficient (Wildman–Crippen LogP) is 5.31. The molecule has 0 fully saturated rings. The molecule has 1 heterocycles. The third kappa shape index (κ3) is 2.20. The number of hydrogen-bond donors (Lipinski definition) is 0. The van der Waals surface area contributed by atoms with Gasteiger partial charge in [0.25, 0.3) is 0 Å². The van der Waals surface area contributed by atoms with Gasteiger partial charge in [-0.3, -0.25) is 0 Å². The molecule has 3 rings (SSSR count). The SMILES string of the molecule is CC[C@@H]1c2cc(-c3ccccc3F)nnc2C(C)(CCl)C1(C)C. The number of alkyl halides is 1. The molecular formula is C19H22ClFN2. The lowest BCUT2D eigenvalue weighted by molar-refractivity contribution is 0.178. The maximum Gasteiger partial charge on any atom is 0.132 e. The van der Waals surface area contributed by atoms with Crippen molar-refractivity contribution >= 4 is 11.6 Å². The number of fused-ring (bicyclic) bond motifs is 1. The van der Waals surface area contributed by atoms with Crippen molar-refractivity contribution < 1.29 is 4.39 Å². The minimum absolute atomic E-state index is 0.0195. The van der Waals surface area contributed by atoms with Gasteiger partial charge in [0, 0.05) is 16.9 Å². The van der Waals surface area contributed by atoms with Crippen LogP contribution in [0.3, 0.4) is 0 Å². The number of halogens is 2. The Hall–Kier alpha value is -1.48. The Morgan fingerprint density at radius 2 is 1.87 bits per heavy atom. The van der Waals surface area contributed by atoms with Gasteiger partial charge in [0.05, 0.1) is 11.4 Å². The van der Waals surface area contributed by atoms with E-state index in [0.29, 0.717) is 23.1 Å². The molecule has 4 heteroatoms. The minimum atomic E-state index is -0.271. The molecule has 1 aromatic carbocycles. The van der Waals surface area contributed by atoms with E-state index in [1.54, 1.807) is 12.1 Å². The molecule has 2 atom stereocenters. The van der Waals surface area contributed by atoms with E-state index in [0.717, 1.165) is 17.7 Å². The van der Waals surface area contributed by atoms with Crippen LogP contribution in [0, 0.1) is 11.2 Å². The van der Waals surface area contributed by atoms with E-state index < -0.39 is 0 Å². The second-order valence-electron chi connectivity index (χ2n) is 7.16. The highest BCUT2D eigenvalue weighted by Gasteiger charge is 2.55. The van der Waals surface area contributed by atoms with Crippen molar-refractivity contribution in [2.75, 3.05) is 5.88 Å². The van der Waals surface area contributed by atoms with Crippen LogP contribution in [0.25, 0.3) is 11.3 Å². The summed E-state index contributed by atoms with van der Waals surface area (Å²) in [5.74, 6) is 0.562. The zero-order valence-corrected chi connectivity index (χ0v) is 14.8. The molecule has 0 radical (unpaired) electrons. The van der Waals surface area contributed by atoms with Gasteiger partial charge in [-0.15, -0.1) is 11.6 Å². The summed E-state index contributed by atoms with van der Waals surface area (Å²) in [6.45, 7) is 8.83. The van der Waals surface area contributed by atoms with Gasteiger partial charge in [-0.2, -0.15) is 10.2 Å². The van der Waals surface area contributed by atoms with Gasteiger partial charge in [0.15, 0.2) is 0 Å². The average Bonchev–Trinajstić information content (AvgIpc) is 2.71. The maximum absolute atomic E-state index is 14.1. The first kappa shape index (κ1) is 16.4. The fourth-order valence-electron chi connectivity index (χ4n) is 3.95. The van der Waals surface area contributed by atoms with Gasteiger partial charge in [0.1, 0.15) is 5.82 Å². The summed E-state index contributed by atoms with van der Waals surface area (Å²) in [7, 11) is 0. The lowest BCUT2D eigenvalue weighted by Crippen LogP contribution is -2.39. The Kier molecular flexibility index (Phi) is 3.96. The van der Waals surface area contributed by atoms with Crippen molar-refractivity contribution in [2.45, 2.75) is 45.4 Å². The highest BCUT2D eigenvalue weighted by Crippen LogP contribution is 2.59. The molecule has 122 valence electrons. The first-order valence-corrected chi connectivity index (χ1v) is 8.59. The summed E-state index contributed by atoms with van der Waals surface area (Å²) < 4.78 is 14.1. The second-order valence-corrected chi connectivity index (χ2v) is 7.43. The third-order valence-corrected chi connectivity index (χ3v) is 6.37. The fraction of sp³-hybridized carbons (Fsp3) is 0.474. The van der Waals surface area contributed by atoms with Crippen LogP contribution in [0.1, 0.15) is 51.3 Å². The molecule has 1 unspecified atom stereocenters. The second kappa shape index (κ2) is 5.55. The zero-order valence-electron chi connectivity index (χ0n) is 14.0. The van der Waals surface area contributed by atoms with E-state index in [1.807, 2.05) is 12.1 Å². The molecule has 2 nitrogen and oxygen atoms in total. The number of rotatable bonds is 3. The van der Waals surface area contributed by atoms with Crippen LogP contribution in [-0.2, 0) is 5.41 Å². The normalized spacial score (nSPS) is 25.4. The molecule has 0 spiro atoms. The molecule has 23 heavy (non-hydrogen) atoms. The van der Waals surface area contributed by atoms with Crippen LogP contribution < -0.4 is 0 Å². The van der Waals surface area contributed by atoms with Crippen molar-refractivity contribution in [3.8, 4) is 11.3 Å². The van der Waals surface area contributed by atoms with Gasteiger partial charge >= 0.3 is 0 Å². The Labute approximate surface area is 142 Å². The molecule has 2 aromatic rings. The van der Waals surface area contributed by atoms with Gasteiger partial charge < -0.3 is 0 Å². The fourth-order valence-corrected chi connectivity index (χ4v) is 4.42. The lowest BCUT2D eigenvalue weighted by atomic mass is 9.65. The monoisotopic (exact) mass is 332 g/mol. The molecule has 0 saturated heterocycles. The van der Waals surface area contributed by atoms with Crippen molar-refractivity contribution in [1.82, 2.24) is 10.2 Å². The number of nitrogens with zero attached hydrogens (tertiary/aromatic N) is 2. The molecular weight excluding hydrogens is 311 g/mol. The highest BCUT2D eigenvalue weighted by atomic mass is 35.5. The summed E-state index contributed by atoms with van der Waals surface area (Å²) in [6.07, 6.45) is 0.995. The van der Waals surface area contributed by atoms with E-state index >= 15 is 0 Å². The van der Waals surface area contributed by atoms with E-state index in [4.69, 9.17) is 11.6 Å². The first-order valence-electron chi connectivity index (χ1n) is 8.05. The van der Waals surface area contributed by atoms with Crippen LogP contribution >= 0.6 is 11.6 Å². The largest absolute Gasteiger partial charge is 0.206 e. The summed E-state index contributed by atoms with van der Waals surface area (Å²) >= 11 is 6.34. The number of hydrogen-bond acceptors (Lipinski definition) is 2. The zero-order chi connectivity index (χ0) is 16.8. The summed E-state index contributed by atoms with van der Waals surface area (Å²) in [6, 6.07) is 8.70. The standard InChI is InChI=1S/C19H22ClFN2/c1-5-14-13-10-16(12-8-6-7-9-15(12)21)22-23-17(13)19(4,11-20)18(14,2)3/h6-10,14H,5,11H2,1-4H3/t14-,19?/m1/s1. The van der Waals surface area contributed by atoms with E-state index in [-0.39, 0.29) is 16.6 Å². The quantitative estimate of drug-likeness (QED) is 0.711. The van der Waals surface area contributed by atoms with Crippen molar-refractivity contribution in [3.05, 3.63) is 47.4 Å². The molecule has 0 aliphatic heterocycles. The topological polar surface area (TPSA) is 25.8 Å². The van der Waals surface area contributed by atoms with Crippen molar-refractivity contribution in [3.63, 3.8) is 0 Å². The molecule has 1 aromatic heterocycles. The van der Waals surface area contributed by atoms with E-state index in [1.165, 1.54) is 6.07 Å². The van der Waals surface area contributed by atoms with Gasteiger partial charge in [-0.25, -0.2) is 4.39 Å². The van der Waals surface area contributed by atoms with Crippen LogP contribution in [0.4, 0.5) is 4.39 Å². The van der Waals surface area contributed by atoms with E-state index in [9.17, 15) is 4.39 Å². The molecule has 0 bridgehead atoms. The summed E-state index contributed by atoms with van der Waals surface area (Å²) in [5.41, 5.74) is 2.96. The minimum Gasteiger partial charge on any atom is -0.206 e. The van der Waals surface area contributed by atoms with E-state index in [2.05, 4.69) is 37.9 Å². The third-order valence-electron chi connectivity index (χ3n) is 5.84. The Morgan fingerprint density at radius 1 is 1.17 bits per heavy atom. The number of aromatic nitrogens is 2. The first-order chi connectivity index (χ1) is 10.9. The van der Waals surface area contributed by atoms with Crippen LogP contribution in [-0.4, -0.2) is 16.1 Å². The Bertz CT molecular complexity index is 744. The van der Waals surface area contributed by atoms with Gasteiger partial charge in [-0.05, 0) is 41.5 Å². The summed E-state index contributed by atoms with van der Waals surface area (Å²) in [4.78, 5) is 0. The molecule has 0 N–H and O–H groups in total. The average molecular weight is 333 g/mol. The molecule has 0 saturated carbocycles.